The van der Waals surface area contributed by atoms with Crippen molar-refractivity contribution in [3.05, 3.63) is 58.6 Å². The number of phenolic OH excluding ortho intramolecular Hbond substituents is 1. The molecule has 17 heavy (non-hydrogen) atoms. The highest BCUT2D eigenvalue weighted by molar-refractivity contribution is 9.10. The third-order valence-corrected chi connectivity index (χ3v) is 2.63. The van der Waals surface area contributed by atoms with Crippen LogP contribution in [0.15, 0.2) is 53.0 Å². The molecule has 0 aliphatic carbocycles. The van der Waals surface area contributed by atoms with Gasteiger partial charge < -0.3 is 9.84 Å². The largest absolute Gasteiger partial charge is 0.507 e. The highest BCUT2D eigenvalue weighted by Crippen LogP contribution is 2.23. The van der Waals surface area contributed by atoms with E-state index in [-0.39, 0.29) is 11.3 Å². The smallest absolute Gasteiger partial charge is 0.347 e. The van der Waals surface area contributed by atoms with Crippen molar-refractivity contribution in [3.8, 4) is 11.5 Å². The first-order chi connectivity index (χ1) is 8.16. The number of carbonyl (C=O) groups excluding carboxylic acids is 1. The van der Waals surface area contributed by atoms with Gasteiger partial charge in [-0.1, -0.05) is 34.1 Å². The van der Waals surface area contributed by atoms with Crippen LogP contribution in [0.5, 0.6) is 11.5 Å². The summed E-state index contributed by atoms with van der Waals surface area (Å²) < 4.78 is 5.82. The van der Waals surface area contributed by atoms with Crippen LogP contribution < -0.4 is 4.74 Å². The predicted molar refractivity (Wildman–Crippen MR) is 67.2 cm³/mol. The number of aromatic hydroxyl groups is 1. The molecule has 3 nitrogen and oxygen atoms in total. The quantitative estimate of drug-likeness (QED) is 0.682. The fourth-order valence-electron chi connectivity index (χ4n) is 1.32. The Morgan fingerprint density at radius 3 is 2.53 bits per heavy atom. The van der Waals surface area contributed by atoms with E-state index in [1.165, 1.54) is 12.1 Å². The van der Waals surface area contributed by atoms with Crippen LogP contribution in [0.4, 0.5) is 0 Å². The van der Waals surface area contributed by atoms with Crippen LogP contribution in [-0.4, -0.2) is 11.1 Å². The molecule has 0 aliphatic heterocycles. The minimum Gasteiger partial charge on any atom is -0.507 e. The fourth-order valence-corrected chi connectivity index (χ4v) is 1.68. The zero-order chi connectivity index (χ0) is 12.3. The molecule has 1 N–H and O–H groups in total. The Kier molecular flexibility index (Phi) is 3.44. The molecule has 0 aliphatic rings. The first kappa shape index (κ1) is 11.7. The van der Waals surface area contributed by atoms with E-state index in [1.807, 2.05) is 6.07 Å². The summed E-state index contributed by atoms with van der Waals surface area (Å²) in [4.78, 5) is 11.8. The number of ether oxygens (including phenoxy) is 1. The number of para-hydroxylation sites is 1. The maximum Gasteiger partial charge on any atom is 0.347 e. The van der Waals surface area contributed by atoms with Gasteiger partial charge in [0.2, 0.25) is 0 Å². The molecule has 0 aromatic heterocycles. The Morgan fingerprint density at radius 1 is 1.12 bits per heavy atom. The Hall–Kier alpha value is -1.81. The number of carbonyl (C=O) groups is 1. The van der Waals surface area contributed by atoms with Crippen molar-refractivity contribution in [1.82, 2.24) is 0 Å². The molecule has 0 bridgehead atoms. The molecule has 2 aromatic carbocycles. The van der Waals surface area contributed by atoms with Gasteiger partial charge in [0, 0.05) is 4.47 Å². The predicted octanol–water partition coefficient (Wildman–Crippen LogP) is 3.37. The standard InChI is InChI=1S/C13H9BrO3/c14-9-6-7-12(15)11(8-9)13(16)17-10-4-2-1-3-5-10/h1-8,15H. The van der Waals surface area contributed by atoms with Crippen molar-refractivity contribution in [3.63, 3.8) is 0 Å². The van der Waals surface area contributed by atoms with Gasteiger partial charge in [0.15, 0.2) is 0 Å². The highest BCUT2D eigenvalue weighted by atomic mass is 79.9. The average molecular weight is 293 g/mol. The topological polar surface area (TPSA) is 46.5 Å². The van der Waals surface area contributed by atoms with Gasteiger partial charge in [-0.3, -0.25) is 0 Å². The lowest BCUT2D eigenvalue weighted by atomic mass is 10.2. The van der Waals surface area contributed by atoms with Crippen LogP contribution in [0.1, 0.15) is 10.4 Å². The highest BCUT2D eigenvalue weighted by Gasteiger charge is 2.13. The lowest BCUT2D eigenvalue weighted by Gasteiger charge is -2.06. The van der Waals surface area contributed by atoms with E-state index < -0.39 is 5.97 Å². The van der Waals surface area contributed by atoms with E-state index in [0.29, 0.717) is 10.2 Å². The molecule has 2 rings (SSSR count). The summed E-state index contributed by atoms with van der Waals surface area (Å²) in [5, 5.41) is 9.56. The lowest BCUT2D eigenvalue weighted by molar-refractivity contribution is 0.0731. The summed E-state index contributed by atoms with van der Waals surface area (Å²) in [6, 6.07) is 13.3. The molecule has 0 saturated heterocycles. The molecule has 2 aromatic rings. The van der Waals surface area contributed by atoms with E-state index in [4.69, 9.17) is 4.74 Å². The van der Waals surface area contributed by atoms with Crippen LogP contribution >= 0.6 is 15.9 Å². The maximum atomic E-state index is 11.8. The summed E-state index contributed by atoms with van der Waals surface area (Å²) in [6.45, 7) is 0. The Labute approximate surface area is 107 Å². The molecule has 86 valence electrons. The molecule has 0 heterocycles. The normalized spacial score (nSPS) is 9.94. The van der Waals surface area contributed by atoms with Crippen LogP contribution in [0.3, 0.4) is 0 Å². The zero-order valence-corrected chi connectivity index (χ0v) is 10.3. The first-order valence-corrected chi connectivity index (χ1v) is 5.72. The monoisotopic (exact) mass is 292 g/mol. The molecule has 0 unspecified atom stereocenters. The fraction of sp³-hybridized carbons (Fsp3) is 0. The van der Waals surface area contributed by atoms with E-state index in [0.717, 1.165) is 0 Å². The Bertz CT molecular complexity index is 538. The van der Waals surface area contributed by atoms with Crippen LogP contribution in [0.2, 0.25) is 0 Å². The molecule has 0 saturated carbocycles. The zero-order valence-electron chi connectivity index (χ0n) is 8.76. The van der Waals surface area contributed by atoms with Crippen molar-refractivity contribution in [1.29, 1.82) is 0 Å². The van der Waals surface area contributed by atoms with Crippen LogP contribution in [0, 0.1) is 0 Å². The first-order valence-electron chi connectivity index (χ1n) is 4.92. The summed E-state index contributed by atoms with van der Waals surface area (Å²) in [6.07, 6.45) is 0. The molecular formula is C13H9BrO3. The van der Waals surface area contributed by atoms with Crippen LogP contribution in [0.25, 0.3) is 0 Å². The van der Waals surface area contributed by atoms with E-state index in [1.54, 1.807) is 30.3 Å². The SMILES string of the molecule is O=C(Oc1ccccc1)c1cc(Br)ccc1O. The van der Waals surface area contributed by atoms with Gasteiger partial charge in [0.05, 0.1) is 0 Å². The van der Waals surface area contributed by atoms with Gasteiger partial charge in [-0.05, 0) is 30.3 Å². The number of hydrogen-bond acceptors (Lipinski definition) is 3. The number of esters is 1. The van der Waals surface area contributed by atoms with Crippen molar-refractivity contribution in [2.75, 3.05) is 0 Å². The molecule has 4 heteroatoms. The second-order valence-corrected chi connectivity index (χ2v) is 4.28. The Morgan fingerprint density at radius 2 is 1.82 bits per heavy atom. The van der Waals surface area contributed by atoms with E-state index in [9.17, 15) is 9.90 Å². The van der Waals surface area contributed by atoms with Crippen LogP contribution in [-0.2, 0) is 0 Å². The van der Waals surface area contributed by atoms with E-state index in [2.05, 4.69) is 15.9 Å². The van der Waals surface area contributed by atoms with Crippen molar-refractivity contribution >= 4 is 21.9 Å². The minimum atomic E-state index is -0.588. The molecule has 0 fully saturated rings. The van der Waals surface area contributed by atoms with Crippen molar-refractivity contribution in [2.45, 2.75) is 0 Å². The van der Waals surface area contributed by atoms with Crippen molar-refractivity contribution < 1.29 is 14.6 Å². The number of hydrogen-bond donors (Lipinski definition) is 1. The van der Waals surface area contributed by atoms with Gasteiger partial charge >= 0.3 is 5.97 Å². The van der Waals surface area contributed by atoms with Gasteiger partial charge in [0.1, 0.15) is 17.1 Å². The van der Waals surface area contributed by atoms with Gasteiger partial charge in [-0.25, -0.2) is 4.79 Å². The van der Waals surface area contributed by atoms with Crippen molar-refractivity contribution in [2.24, 2.45) is 0 Å². The summed E-state index contributed by atoms with van der Waals surface area (Å²) >= 11 is 3.23. The summed E-state index contributed by atoms with van der Waals surface area (Å²) in [7, 11) is 0. The minimum absolute atomic E-state index is 0.103. The summed E-state index contributed by atoms with van der Waals surface area (Å²) in [5.41, 5.74) is 0.128. The molecule has 0 amide bonds. The molecule has 0 radical (unpaired) electrons. The van der Waals surface area contributed by atoms with Gasteiger partial charge in [-0.15, -0.1) is 0 Å². The number of halogens is 1. The number of benzene rings is 2. The lowest BCUT2D eigenvalue weighted by Crippen LogP contribution is -2.08. The maximum absolute atomic E-state index is 11.8. The Balaban J connectivity index is 2.23. The second kappa shape index (κ2) is 5.01. The molecule has 0 spiro atoms. The number of rotatable bonds is 2. The average Bonchev–Trinajstić information content (AvgIpc) is 2.33. The van der Waals surface area contributed by atoms with E-state index >= 15 is 0 Å². The third kappa shape index (κ3) is 2.85. The van der Waals surface area contributed by atoms with Gasteiger partial charge in [-0.2, -0.15) is 0 Å². The molecule has 0 atom stereocenters. The van der Waals surface area contributed by atoms with Gasteiger partial charge in [0.25, 0.3) is 0 Å². The second-order valence-electron chi connectivity index (χ2n) is 3.36. The number of phenols is 1. The third-order valence-electron chi connectivity index (χ3n) is 2.13. The molecular weight excluding hydrogens is 284 g/mol. The summed E-state index contributed by atoms with van der Waals surface area (Å²) in [5.74, 6) is -0.249.